The van der Waals surface area contributed by atoms with Crippen molar-refractivity contribution in [3.05, 3.63) is 30.1 Å². The van der Waals surface area contributed by atoms with E-state index in [0.29, 0.717) is 32.4 Å². The summed E-state index contributed by atoms with van der Waals surface area (Å²) in [6.45, 7) is 2.90. The third-order valence-electron chi connectivity index (χ3n) is 3.84. The van der Waals surface area contributed by atoms with Gasteiger partial charge < -0.3 is 4.90 Å². The van der Waals surface area contributed by atoms with Gasteiger partial charge >= 0.3 is 0 Å². The first kappa shape index (κ1) is 15.9. The van der Waals surface area contributed by atoms with Crippen LogP contribution >= 0.6 is 0 Å². The van der Waals surface area contributed by atoms with E-state index in [1.54, 1.807) is 4.90 Å². The van der Waals surface area contributed by atoms with Gasteiger partial charge in [-0.1, -0.05) is 6.92 Å². The average molecular weight is 313 g/mol. The lowest BCUT2D eigenvalue weighted by Gasteiger charge is -2.31. The molecule has 0 N–H and O–H groups in total. The molecule has 0 spiro atoms. The molecule has 1 fully saturated rings. The van der Waals surface area contributed by atoms with E-state index in [0.717, 1.165) is 18.6 Å². The molecule has 116 valence electrons. The van der Waals surface area contributed by atoms with Crippen molar-refractivity contribution < 1.29 is 17.6 Å². The number of halogens is 1. The highest BCUT2D eigenvalue weighted by Gasteiger charge is 2.32. The van der Waals surface area contributed by atoms with Crippen LogP contribution in [0.2, 0.25) is 0 Å². The number of rotatable bonds is 4. The van der Waals surface area contributed by atoms with E-state index in [4.69, 9.17) is 0 Å². The number of amides is 1. The summed E-state index contributed by atoms with van der Waals surface area (Å²) < 4.78 is 37.8. The Morgan fingerprint density at radius 3 is 2.33 bits per heavy atom. The van der Waals surface area contributed by atoms with Crippen molar-refractivity contribution in [1.82, 2.24) is 4.90 Å². The van der Waals surface area contributed by atoms with Gasteiger partial charge in [0.05, 0.1) is 10.1 Å². The maximum atomic E-state index is 12.9. The van der Waals surface area contributed by atoms with Crippen LogP contribution < -0.4 is 0 Å². The van der Waals surface area contributed by atoms with Crippen LogP contribution in [0, 0.1) is 5.82 Å². The van der Waals surface area contributed by atoms with Crippen molar-refractivity contribution in [1.29, 1.82) is 0 Å². The van der Waals surface area contributed by atoms with Crippen LogP contribution in [0.15, 0.2) is 29.2 Å². The second-order valence-corrected chi connectivity index (χ2v) is 7.56. The second kappa shape index (κ2) is 6.56. The number of piperidine rings is 1. The van der Waals surface area contributed by atoms with Crippen LogP contribution in [0.5, 0.6) is 0 Å². The minimum atomic E-state index is -3.44. The number of hydrogen-bond acceptors (Lipinski definition) is 3. The molecule has 1 saturated heterocycles. The van der Waals surface area contributed by atoms with Crippen molar-refractivity contribution in [2.75, 3.05) is 13.1 Å². The largest absolute Gasteiger partial charge is 0.343 e. The molecular formula is C15H20FNO3S. The molecule has 0 atom stereocenters. The highest BCUT2D eigenvalue weighted by molar-refractivity contribution is 7.92. The smallest absolute Gasteiger partial charge is 0.222 e. The standard InChI is InChI=1S/C15H20FNO3S/c1-2-3-15(18)17-10-8-14(9-11-17)21(19,20)13-6-4-12(16)5-7-13/h4-7,14H,2-3,8-11H2,1H3. The van der Waals surface area contributed by atoms with Crippen LogP contribution in [0.1, 0.15) is 32.6 Å². The molecule has 21 heavy (non-hydrogen) atoms. The molecule has 6 heteroatoms. The Labute approximate surface area is 124 Å². The predicted molar refractivity (Wildman–Crippen MR) is 78.1 cm³/mol. The summed E-state index contributed by atoms with van der Waals surface area (Å²) in [4.78, 5) is 13.7. The maximum absolute atomic E-state index is 12.9. The van der Waals surface area contributed by atoms with Gasteiger partial charge in [-0.3, -0.25) is 4.79 Å². The van der Waals surface area contributed by atoms with Gasteiger partial charge in [0.25, 0.3) is 0 Å². The number of carbonyl (C=O) groups is 1. The second-order valence-electron chi connectivity index (χ2n) is 5.33. The quantitative estimate of drug-likeness (QED) is 0.802. The summed E-state index contributed by atoms with van der Waals surface area (Å²) in [6, 6.07) is 4.93. The van der Waals surface area contributed by atoms with Crippen LogP contribution in [0.4, 0.5) is 4.39 Å². The van der Waals surface area contributed by atoms with Gasteiger partial charge in [-0.2, -0.15) is 0 Å². The van der Waals surface area contributed by atoms with Crippen molar-refractivity contribution in [3.63, 3.8) is 0 Å². The van der Waals surface area contributed by atoms with Crippen molar-refractivity contribution in [2.24, 2.45) is 0 Å². The zero-order valence-corrected chi connectivity index (χ0v) is 12.9. The molecule has 1 aliphatic heterocycles. The summed E-state index contributed by atoms with van der Waals surface area (Å²) in [6.07, 6.45) is 2.19. The van der Waals surface area contributed by atoms with Crippen molar-refractivity contribution in [2.45, 2.75) is 42.8 Å². The van der Waals surface area contributed by atoms with Gasteiger partial charge in [-0.25, -0.2) is 12.8 Å². The lowest BCUT2D eigenvalue weighted by molar-refractivity contribution is -0.132. The van der Waals surface area contributed by atoms with Crippen LogP contribution in [0.25, 0.3) is 0 Å². The molecule has 4 nitrogen and oxygen atoms in total. The minimum Gasteiger partial charge on any atom is -0.343 e. The number of carbonyl (C=O) groups excluding carboxylic acids is 1. The van der Waals surface area contributed by atoms with E-state index >= 15 is 0 Å². The Kier molecular flexibility index (Phi) is 4.98. The van der Waals surface area contributed by atoms with Crippen LogP contribution in [0.3, 0.4) is 0 Å². The zero-order chi connectivity index (χ0) is 15.5. The Morgan fingerprint density at radius 2 is 1.81 bits per heavy atom. The summed E-state index contributed by atoms with van der Waals surface area (Å²) in [5.74, 6) is -0.357. The number of benzene rings is 1. The fourth-order valence-electron chi connectivity index (χ4n) is 2.60. The topological polar surface area (TPSA) is 54.5 Å². The Bertz CT molecular complexity index is 590. The molecule has 0 saturated carbocycles. The fourth-order valence-corrected chi connectivity index (χ4v) is 4.34. The summed E-state index contributed by atoms with van der Waals surface area (Å²) >= 11 is 0. The molecule has 1 aromatic carbocycles. The SMILES string of the molecule is CCCC(=O)N1CCC(S(=O)(=O)c2ccc(F)cc2)CC1. The monoisotopic (exact) mass is 313 g/mol. The Morgan fingerprint density at radius 1 is 1.24 bits per heavy atom. The third-order valence-corrected chi connectivity index (χ3v) is 6.12. The van der Waals surface area contributed by atoms with Gasteiger partial charge in [0, 0.05) is 19.5 Å². The van der Waals surface area contributed by atoms with Crippen molar-refractivity contribution >= 4 is 15.7 Å². The van der Waals surface area contributed by atoms with E-state index in [9.17, 15) is 17.6 Å². The molecule has 0 aliphatic carbocycles. The lowest BCUT2D eigenvalue weighted by Crippen LogP contribution is -2.42. The molecule has 1 aliphatic rings. The molecule has 0 unspecified atom stereocenters. The van der Waals surface area contributed by atoms with Gasteiger partial charge in [-0.15, -0.1) is 0 Å². The predicted octanol–water partition coefficient (Wildman–Crippen LogP) is 2.39. The van der Waals surface area contributed by atoms with Gasteiger partial charge in [-0.05, 0) is 43.5 Å². The number of sulfone groups is 1. The Balaban J connectivity index is 2.04. The van der Waals surface area contributed by atoms with E-state index in [1.165, 1.54) is 12.1 Å². The van der Waals surface area contributed by atoms with E-state index in [-0.39, 0.29) is 10.8 Å². The summed E-state index contributed by atoms with van der Waals surface area (Å²) in [5.41, 5.74) is 0. The number of hydrogen-bond donors (Lipinski definition) is 0. The normalized spacial score (nSPS) is 17.0. The summed E-state index contributed by atoms with van der Waals surface area (Å²) in [7, 11) is -3.44. The first-order valence-corrected chi connectivity index (χ1v) is 8.77. The molecule has 1 heterocycles. The van der Waals surface area contributed by atoms with Crippen LogP contribution in [-0.4, -0.2) is 37.6 Å². The summed E-state index contributed by atoms with van der Waals surface area (Å²) in [5, 5.41) is -0.492. The first-order valence-electron chi connectivity index (χ1n) is 7.22. The zero-order valence-electron chi connectivity index (χ0n) is 12.1. The molecule has 1 amide bonds. The van der Waals surface area contributed by atoms with E-state index in [1.807, 2.05) is 6.92 Å². The first-order chi connectivity index (χ1) is 9.95. The van der Waals surface area contributed by atoms with Gasteiger partial charge in [0.15, 0.2) is 9.84 Å². The molecule has 0 radical (unpaired) electrons. The highest BCUT2D eigenvalue weighted by Crippen LogP contribution is 2.25. The van der Waals surface area contributed by atoms with Crippen LogP contribution in [-0.2, 0) is 14.6 Å². The van der Waals surface area contributed by atoms with Crippen molar-refractivity contribution in [3.8, 4) is 0 Å². The van der Waals surface area contributed by atoms with E-state index < -0.39 is 20.9 Å². The number of nitrogens with zero attached hydrogens (tertiary/aromatic N) is 1. The van der Waals surface area contributed by atoms with E-state index in [2.05, 4.69) is 0 Å². The molecular weight excluding hydrogens is 293 g/mol. The molecule has 2 rings (SSSR count). The molecule has 0 aromatic heterocycles. The maximum Gasteiger partial charge on any atom is 0.222 e. The highest BCUT2D eigenvalue weighted by atomic mass is 32.2. The Hall–Kier alpha value is -1.43. The number of likely N-dealkylation sites (tertiary alicyclic amines) is 1. The molecule has 1 aromatic rings. The lowest BCUT2D eigenvalue weighted by atomic mass is 10.1. The molecule has 0 bridgehead atoms. The average Bonchev–Trinajstić information content (AvgIpc) is 2.48. The van der Waals surface area contributed by atoms with Gasteiger partial charge in [0.1, 0.15) is 5.82 Å². The fraction of sp³-hybridized carbons (Fsp3) is 0.533. The third kappa shape index (κ3) is 3.61. The van der Waals surface area contributed by atoms with Gasteiger partial charge in [0.2, 0.25) is 5.91 Å². The minimum absolute atomic E-state index is 0.0927.